The van der Waals surface area contributed by atoms with Crippen LogP contribution in [0.4, 0.5) is 0 Å². The standard InChI is InChI=1S/2C12H21NO4.Mo.2O/c2*1-3-5-7-13(8-6-4-2)11(15)9-10(14)12(16)17;;;/h2*3-9H2,1-2H3,(H,16,17);;;/q;;+2;;/p-2. The zero-order chi connectivity index (χ0) is 29.2. The van der Waals surface area contributed by atoms with E-state index in [1.165, 1.54) is 0 Å². The Labute approximate surface area is 227 Å². The van der Waals surface area contributed by atoms with Crippen LogP contribution >= 0.6 is 0 Å². The van der Waals surface area contributed by atoms with Crippen LogP contribution in [0, 0.1) is 0 Å². The molecule has 0 aromatic rings. The van der Waals surface area contributed by atoms with Crippen LogP contribution in [0.2, 0.25) is 0 Å². The third kappa shape index (κ3) is 23.6. The third-order valence-corrected chi connectivity index (χ3v) is 4.91. The number of carbonyl (C=O) groups excluding carboxylic acids is 6. The summed E-state index contributed by atoms with van der Waals surface area (Å²) < 4.78 is 17.0. The molecule has 12 nitrogen and oxygen atoms in total. The van der Waals surface area contributed by atoms with Crippen molar-refractivity contribution < 1.29 is 64.3 Å². The molecule has 0 bridgehead atoms. The number of carboxylic acids is 2. The van der Waals surface area contributed by atoms with Crippen LogP contribution in [0.1, 0.15) is 91.9 Å². The first-order valence-electron chi connectivity index (χ1n) is 12.4. The summed E-state index contributed by atoms with van der Waals surface area (Å²) >= 11 is -2.03. The predicted molar refractivity (Wildman–Crippen MR) is 123 cm³/mol. The Kier molecular flexibility index (Phi) is 28.0. The Balaban J connectivity index is -0.000000564. The Bertz CT molecular complexity index is 680. The number of hydrogen-bond donors (Lipinski definition) is 0. The average Bonchev–Trinajstić information content (AvgIpc) is 2.84. The van der Waals surface area contributed by atoms with Crippen LogP contribution in [-0.4, -0.2) is 71.3 Å². The molecule has 0 aromatic heterocycles. The van der Waals surface area contributed by atoms with Crippen molar-refractivity contribution in [1.82, 2.24) is 9.80 Å². The maximum absolute atomic E-state index is 11.7. The molecule has 0 aliphatic rings. The minimum atomic E-state index is -2.03. The van der Waals surface area contributed by atoms with Crippen LogP contribution in [0.3, 0.4) is 0 Å². The van der Waals surface area contributed by atoms with Crippen molar-refractivity contribution >= 4 is 35.3 Å². The van der Waals surface area contributed by atoms with Crippen LogP contribution < -0.4 is 10.2 Å². The number of carbonyl (C=O) groups is 6. The molecule has 0 saturated carbocycles. The summed E-state index contributed by atoms with van der Waals surface area (Å²) in [6.45, 7) is 10.4. The van der Waals surface area contributed by atoms with Crippen molar-refractivity contribution in [3.63, 3.8) is 0 Å². The molecular formula is C24H40MoN2O10. The van der Waals surface area contributed by atoms with Gasteiger partial charge in [0.15, 0.2) is 11.6 Å². The van der Waals surface area contributed by atoms with Gasteiger partial charge in [0, 0.05) is 26.2 Å². The fraction of sp³-hybridized carbons (Fsp3) is 0.750. The Morgan fingerprint density at radius 1 is 0.541 bits per heavy atom. The van der Waals surface area contributed by atoms with Crippen molar-refractivity contribution in [3.8, 4) is 0 Å². The molecular weight excluding hydrogens is 572 g/mol. The molecule has 0 fully saturated rings. The van der Waals surface area contributed by atoms with Gasteiger partial charge in [-0.15, -0.1) is 0 Å². The van der Waals surface area contributed by atoms with Crippen molar-refractivity contribution in [2.24, 2.45) is 0 Å². The molecule has 0 aliphatic carbocycles. The second-order valence-corrected chi connectivity index (χ2v) is 8.35. The molecule has 0 spiro atoms. The van der Waals surface area contributed by atoms with Gasteiger partial charge in [0.1, 0.15) is 11.9 Å². The number of Topliss-reactive ketones (excluding diaryl/α,β-unsaturated/α-hetero) is 2. The van der Waals surface area contributed by atoms with Crippen LogP contribution in [0.5, 0.6) is 0 Å². The van der Waals surface area contributed by atoms with E-state index in [9.17, 15) is 39.0 Å². The number of unbranched alkanes of at least 4 members (excludes halogenated alkanes) is 4. The molecule has 0 N–H and O–H groups in total. The topological polar surface area (TPSA) is 189 Å². The van der Waals surface area contributed by atoms with Gasteiger partial charge < -0.3 is 29.6 Å². The van der Waals surface area contributed by atoms with E-state index in [-0.39, 0.29) is 0 Å². The van der Waals surface area contributed by atoms with Gasteiger partial charge >= 0.3 is 25.3 Å². The van der Waals surface area contributed by atoms with E-state index in [0.29, 0.717) is 26.2 Å². The second kappa shape index (κ2) is 26.6. The third-order valence-electron chi connectivity index (χ3n) is 4.91. The predicted octanol–water partition coefficient (Wildman–Crippen LogP) is 0.00850. The molecule has 0 rings (SSSR count). The SMILES string of the molecule is CCCCN(CCCC)C(=O)CC(=O)C(=O)[O-].CCCCN(CCCC)C(=O)CC(=O)C(=O)[O-].[O]=[Mo+2]=[O]. The fourth-order valence-corrected chi connectivity index (χ4v) is 2.76. The summed E-state index contributed by atoms with van der Waals surface area (Å²) in [7, 11) is 0. The second-order valence-electron chi connectivity index (χ2n) is 8.02. The van der Waals surface area contributed by atoms with Crippen molar-refractivity contribution in [1.29, 1.82) is 0 Å². The molecule has 0 unspecified atom stereocenters. The van der Waals surface area contributed by atoms with E-state index < -0.39 is 66.7 Å². The molecule has 0 heterocycles. The van der Waals surface area contributed by atoms with Gasteiger partial charge in [-0.1, -0.05) is 53.4 Å². The Morgan fingerprint density at radius 3 is 0.919 bits per heavy atom. The van der Waals surface area contributed by atoms with Gasteiger partial charge in [-0.05, 0) is 25.7 Å². The average molecular weight is 613 g/mol. The van der Waals surface area contributed by atoms with E-state index in [2.05, 4.69) is 0 Å². The van der Waals surface area contributed by atoms with E-state index >= 15 is 0 Å². The zero-order valence-electron chi connectivity index (χ0n) is 22.3. The molecule has 13 heteroatoms. The molecule has 2 amide bonds. The first-order valence-corrected chi connectivity index (χ1v) is 14.1. The first-order chi connectivity index (χ1) is 17.5. The number of amides is 2. The van der Waals surface area contributed by atoms with E-state index in [1.54, 1.807) is 9.80 Å². The Hall–Kier alpha value is -2.49. The summed E-state index contributed by atoms with van der Waals surface area (Å²) in [6.07, 6.45) is 6.04. The Morgan fingerprint density at radius 2 is 0.757 bits per heavy atom. The van der Waals surface area contributed by atoms with E-state index in [0.717, 1.165) is 51.4 Å². The number of hydrogen-bond acceptors (Lipinski definition) is 10. The van der Waals surface area contributed by atoms with Gasteiger partial charge in [-0.25, -0.2) is 0 Å². The monoisotopic (exact) mass is 614 g/mol. The normalized spacial score (nSPS) is 9.41. The molecule has 0 saturated heterocycles. The summed E-state index contributed by atoms with van der Waals surface area (Å²) in [5, 5.41) is 20.5. The molecule has 37 heavy (non-hydrogen) atoms. The fourth-order valence-electron chi connectivity index (χ4n) is 2.76. The van der Waals surface area contributed by atoms with Gasteiger partial charge in [0.2, 0.25) is 11.8 Å². The summed E-state index contributed by atoms with van der Waals surface area (Å²) in [5.74, 6) is -6.70. The summed E-state index contributed by atoms with van der Waals surface area (Å²) in [5.41, 5.74) is 0. The number of aliphatic carboxylic acids is 2. The van der Waals surface area contributed by atoms with Crippen molar-refractivity contribution in [2.45, 2.75) is 91.9 Å². The molecule has 212 valence electrons. The van der Waals surface area contributed by atoms with Crippen molar-refractivity contribution in [3.05, 3.63) is 0 Å². The number of ketones is 2. The van der Waals surface area contributed by atoms with Gasteiger partial charge in [-0.3, -0.25) is 19.2 Å². The van der Waals surface area contributed by atoms with Gasteiger partial charge in [0.25, 0.3) is 0 Å². The van der Waals surface area contributed by atoms with Crippen molar-refractivity contribution in [2.75, 3.05) is 26.2 Å². The van der Waals surface area contributed by atoms with E-state index in [4.69, 9.17) is 6.80 Å². The number of nitrogens with zero attached hydrogens (tertiary/aromatic N) is 2. The van der Waals surface area contributed by atoms with E-state index in [1.807, 2.05) is 27.7 Å². The van der Waals surface area contributed by atoms with Crippen LogP contribution in [0.15, 0.2) is 0 Å². The van der Waals surface area contributed by atoms with Gasteiger partial charge in [-0.2, -0.15) is 0 Å². The van der Waals surface area contributed by atoms with Crippen LogP contribution in [-0.2, 0) is 54.1 Å². The number of rotatable bonds is 18. The molecule has 0 aliphatic heterocycles. The first kappa shape index (κ1) is 39.0. The number of carboxylic acid groups (broad SMARTS) is 2. The molecule has 0 radical (unpaired) electrons. The zero-order valence-corrected chi connectivity index (χ0v) is 24.3. The minimum absolute atomic E-state index is 0.416. The van der Waals surface area contributed by atoms with Gasteiger partial charge in [0.05, 0.1) is 12.8 Å². The molecule has 0 aromatic carbocycles. The summed E-state index contributed by atoms with van der Waals surface area (Å²) in [4.78, 5) is 68.8. The maximum atomic E-state index is 11.7. The molecule has 0 atom stereocenters. The quantitative estimate of drug-likeness (QED) is 0.116. The summed E-state index contributed by atoms with van der Waals surface area (Å²) in [6, 6.07) is 0. The van der Waals surface area contributed by atoms with Crippen LogP contribution in [0.25, 0.3) is 0 Å².